The summed E-state index contributed by atoms with van der Waals surface area (Å²) in [5.74, 6) is -1.35. The molecule has 3 rings (SSSR count). The number of rotatable bonds is 8. The highest BCUT2D eigenvalue weighted by molar-refractivity contribution is 6.22. The zero-order valence-corrected chi connectivity index (χ0v) is 17.1. The number of urea groups is 1. The van der Waals surface area contributed by atoms with Crippen LogP contribution in [0.1, 0.15) is 23.7 Å². The van der Waals surface area contributed by atoms with Gasteiger partial charge in [-0.25, -0.2) is 14.5 Å². The second-order valence-corrected chi connectivity index (χ2v) is 6.80. The number of ether oxygens (including phenoxy) is 1. The van der Waals surface area contributed by atoms with Crippen LogP contribution in [-0.2, 0) is 14.3 Å². The number of benzene rings is 2. The number of esters is 1. The van der Waals surface area contributed by atoms with Crippen molar-refractivity contribution in [1.82, 2.24) is 4.90 Å². The molecule has 0 radical (unpaired) electrons. The van der Waals surface area contributed by atoms with Crippen molar-refractivity contribution >= 4 is 35.2 Å². The van der Waals surface area contributed by atoms with Crippen LogP contribution < -0.4 is 10.2 Å². The quantitative estimate of drug-likeness (QED) is 0.401. The average Bonchev–Trinajstić information content (AvgIpc) is 2.99. The molecule has 31 heavy (non-hydrogen) atoms. The fraction of sp³-hybridized carbons (Fsp3) is 0.217. The fourth-order valence-electron chi connectivity index (χ4n) is 3.29. The molecule has 1 N–H and O–H groups in total. The van der Waals surface area contributed by atoms with Gasteiger partial charge < -0.3 is 15.0 Å². The highest BCUT2D eigenvalue weighted by Gasteiger charge is 2.46. The Kier molecular flexibility index (Phi) is 6.81. The predicted molar refractivity (Wildman–Crippen MR) is 116 cm³/mol. The van der Waals surface area contributed by atoms with Crippen molar-refractivity contribution in [3.8, 4) is 0 Å². The molecule has 0 saturated carbocycles. The van der Waals surface area contributed by atoms with E-state index in [1.165, 1.54) is 11.0 Å². The molecule has 1 aliphatic rings. The Morgan fingerprint density at radius 1 is 1.10 bits per heavy atom. The third-order valence-electron chi connectivity index (χ3n) is 4.72. The van der Waals surface area contributed by atoms with Gasteiger partial charge in [0, 0.05) is 12.2 Å². The maximum absolute atomic E-state index is 13.0. The summed E-state index contributed by atoms with van der Waals surface area (Å²) in [5.41, 5.74) is 1.28. The maximum atomic E-state index is 13.0. The lowest BCUT2D eigenvalue weighted by atomic mass is 10.1. The first-order valence-corrected chi connectivity index (χ1v) is 9.83. The van der Waals surface area contributed by atoms with Crippen molar-refractivity contribution < 1.29 is 23.9 Å². The van der Waals surface area contributed by atoms with Crippen molar-refractivity contribution in [3.05, 3.63) is 72.8 Å². The molecule has 2 aromatic rings. The van der Waals surface area contributed by atoms with Crippen LogP contribution in [0.25, 0.3) is 0 Å². The molecular formula is C23H23N3O5. The number of hydrogen-bond donors (Lipinski definition) is 1. The Labute approximate surface area is 180 Å². The molecule has 4 amide bonds. The Bertz CT molecular complexity index is 988. The standard InChI is InChI=1S/C23H23N3O5/c1-3-14-25-19(21(28)26(23(25)30)18-8-6-5-7-9-18)15-20(27)24-17-12-10-16(11-13-17)22(29)31-4-2/h3,5-13,19H,1,4,14-15H2,2H3,(H,24,27). The highest BCUT2D eigenvalue weighted by atomic mass is 16.5. The Morgan fingerprint density at radius 2 is 1.77 bits per heavy atom. The molecular weight excluding hydrogens is 398 g/mol. The molecule has 160 valence electrons. The summed E-state index contributed by atoms with van der Waals surface area (Å²) in [5, 5.41) is 2.69. The second-order valence-electron chi connectivity index (χ2n) is 6.80. The molecule has 1 unspecified atom stereocenters. The van der Waals surface area contributed by atoms with Crippen LogP contribution in [0.4, 0.5) is 16.2 Å². The summed E-state index contributed by atoms with van der Waals surface area (Å²) in [4.78, 5) is 52.5. The van der Waals surface area contributed by atoms with Gasteiger partial charge in [-0.1, -0.05) is 24.3 Å². The van der Waals surface area contributed by atoms with Gasteiger partial charge in [0.05, 0.1) is 24.3 Å². The van der Waals surface area contributed by atoms with Crippen molar-refractivity contribution in [3.63, 3.8) is 0 Å². The third-order valence-corrected chi connectivity index (χ3v) is 4.72. The molecule has 1 saturated heterocycles. The van der Waals surface area contributed by atoms with Crippen molar-refractivity contribution in [2.75, 3.05) is 23.4 Å². The summed E-state index contributed by atoms with van der Waals surface area (Å²) in [6.07, 6.45) is 1.31. The minimum atomic E-state index is -0.940. The van der Waals surface area contributed by atoms with Crippen molar-refractivity contribution in [2.24, 2.45) is 0 Å². The highest BCUT2D eigenvalue weighted by Crippen LogP contribution is 2.27. The largest absolute Gasteiger partial charge is 0.462 e. The number of amides is 4. The lowest BCUT2D eigenvalue weighted by molar-refractivity contribution is -0.124. The molecule has 0 aliphatic carbocycles. The van der Waals surface area contributed by atoms with E-state index in [4.69, 9.17) is 4.74 Å². The van der Waals surface area contributed by atoms with E-state index in [2.05, 4.69) is 11.9 Å². The number of para-hydroxylation sites is 1. The van der Waals surface area contributed by atoms with Gasteiger partial charge in [0.15, 0.2) is 0 Å². The lowest BCUT2D eigenvalue weighted by Crippen LogP contribution is -2.38. The number of imide groups is 1. The second kappa shape index (κ2) is 9.71. The third kappa shape index (κ3) is 4.80. The molecule has 0 bridgehead atoms. The van der Waals surface area contributed by atoms with Crippen LogP contribution in [0.3, 0.4) is 0 Å². The first kappa shape index (κ1) is 21.8. The SMILES string of the molecule is C=CCN1C(=O)N(c2ccccc2)C(=O)C1CC(=O)Nc1ccc(C(=O)OCC)cc1. The molecule has 8 nitrogen and oxygen atoms in total. The lowest BCUT2D eigenvalue weighted by Gasteiger charge is -2.19. The molecule has 0 spiro atoms. The van der Waals surface area contributed by atoms with E-state index in [1.54, 1.807) is 61.5 Å². The van der Waals surface area contributed by atoms with E-state index in [9.17, 15) is 19.2 Å². The summed E-state index contributed by atoms with van der Waals surface area (Å²) >= 11 is 0. The normalized spacial score (nSPS) is 15.7. The summed E-state index contributed by atoms with van der Waals surface area (Å²) in [7, 11) is 0. The average molecular weight is 421 g/mol. The topological polar surface area (TPSA) is 96.0 Å². The maximum Gasteiger partial charge on any atom is 0.338 e. The van der Waals surface area contributed by atoms with Crippen molar-refractivity contribution in [2.45, 2.75) is 19.4 Å². The number of anilines is 2. The summed E-state index contributed by atoms with van der Waals surface area (Å²) in [6.45, 7) is 5.76. The fourth-order valence-corrected chi connectivity index (χ4v) is 3.29. The first-order chi connectivity index (χ1) is 15.0. The Balaban J connectivity index is 1.71. The number of nitrogens with zero attached hydrogens (tertiary/aromatic N) is 2. The van der Waals surface area contributed by atoms with E-state index in [0.717, 1.165) is 4.90 Å². The van der Waals surface area contributed by atoms with E-state index < -0.39 is 29.9 Å². The van der Waals surface area contributed by atoms with Gasteiger partial charge in [-0.05, 0) is 43.3 Å². The minimum absolute atomic E-state index is 0.139. The number of carbonyl (C=O) groups excluding carboxylic acids is 4. The van der Waals surface area contributed by atoms with Gasteiger partial charge in [-0.15, -0.1) is 6.58 Å². The van der Waals surface area contributed by atoms with Crippen LogP contribution in [-0.4, -0.2) is 47.9 Å². The van der Waals surface area contributed by atoms with Gasteiger partial charge in [0.2, 0.25) is 5.91 Å². The molecule has 0 aromatic heterocycles. The van der Waals surface area contributed by atoms with Gasteiger partial charge in [0.25, 0.3) is 5.91 Å². The number of hydrogen-bond acceptors (Lipinski definition) is 5. The Hall–Kier alpha value is -3.94. The smallest absolute Gasteiger partial charge is 0.338 e. The van der Waals surface area contributed by atoms with Gasteiger partial charge in [-0.3, -0.25) is 9.59 Å². The molecule has 8 heteroatoms. The molecule has 1 aliphatic heterocycles. The molecule has 1 heterocycles. The van der Waals surface area contributed by atoms with Crippen LogP contribution in [0.15, 0.2) is 67.3 Å². The zero-order chi connectivity index (χ0) is 22.4. The van der Waals surface area contributed by atoms with Crippen LogP contribution in [0, 0.1) is 0 Å². The first-order valence-electron chi connectivity index (χ1n) is 9.83. The van der Waals surface area contributed by atoms with E-state index in [1.807, 2.05) is 0 Å². The zero-order valence-electron chi connectivity index (χ0n) is 17.1. The van der Waals surface area contributed by atoms with Gasteiger partial charge >= 0.3 is 12.0 Å². The monoisotopic (exact) mass is 421 g/mol. The van der Waals surface area contributed by atoms with E-state index >= 15 is 0 Å². The van der Waals surface area contributed by atoms with Gasteiger partial charge in [0.1, 0.15) is 6.04 Å². The number of carbonyl (C=O) groups is 4. The van der Waals surface area contributed by atoms with Crippen LogP contribution in [0.5, 0.6) is 0 Å². The van der Waals surface area contributed by atoms with Crippen LogP contribution >= 0.6 is 0 Å². The van der Waals surface area contributed by atoms with Crippen LogP contribution in [0.2, 0.25) is 0 Å². The van der Waals surface area contributed by atoms with E-state index in [0.29, 0.717) is 16.9 Å². The molecule has 2 aromatic carbocycles. The summed E-state index contributed by atoms with van der Waals surface area (Å²) < 4.78 is 4.93. The predicted octanol–water partition coefficient (Wildman–Crippen LogP) is 3.22. The molecule has 1 atom stereocenters. The van der Waals surface area contributed by atoms with Crippen molar-refractivity contribution in [1.29, 1.82) is 0 Å². The van der Waals surface area contributed by atoms with Gasteiger partial charge in [-0.2, -0.15) is 0 Å². The van der Waals surface area contributed by atoms with E-state index in [-0.39, 0.29) is 19.6 Å². The Morgan fingerprint density at radius 3 is 2.39 bits per heavy atom. The number of nitrogens with one attached hydrogen (secondary N) is 1. The summed E-state index contributed by atoms with van der Waals surface area (Å²) in [6, 6.07) is 13.4. The molecule has 1 fully saturated rings. The minimum Gasteiger partial charge on any atom is -0.462 e.